The summed E-state index contributed by atoms with van der Waals surface area (Å²) in [5.41, 5.74) is 1.59. The average Bonchev–Trinajstić information content (AvgIpc) is 3.13. The molecule has 2 fully saturated rings. The Morgan fingerprint density at radius 1 is 0.833 bits per heavy atom. The van der Waals surface area contributed by atoms with Crippen molar-refractivity contribution in [2.75, 3.05) is 75.3 Å². The van der Waals surface area contributed by atoms with Gasteiger partial charge in [0.05, 0.1) is 67.0 Å². The number of methoxy groups -OCH3 is 1. The van der Waals surface area contributed by atoms with Gasteiger partial charge in [-0.2, -0.15) is 0 Å². The molecule has 28 nitrogen and oxygen atoms in total. The predicted molar refractivity (Wildman–Crippen MR) is 298 cm³/mol. The molecule has 450 valence electrons. The topological polar surface area (TPSA) is 391 Å². The molecule has 3 aliphatic heterocycles. The molecule has 12 N–H and O–H groups in total. The molecule has 0 saturated carbocycles. The van der Waals surface area contributed by atoms with Crippen LogP contribution in [0.3, 0.4) is 0 Å². The van der Waals surface area contributed by atoms with Gasteiger partial charge in [0.2, 0.25) is 12.2 Å². The second-order valence-corrected chi connectivity index (χ2v) is 20.7. The number of benzene rings is 3. The summed E-state index contributed by atoms with van der Waals surface area (Å²) in [5.74, 6) is 0.772. The van der Waals surface area contributed by atoms with E-state index in [0.29, 0.717) is 45.9 Å². The van der Waals surface area contributed by atoms with Crippen LogP contribution in [0.25, 0.3) is 10.1 Å². The number of aliphatic hydroxyl groups is 5. The summed E-state index contributed by atoms with van der Waals surface area (Å²) in [6.45, 7) is 3.86. The van der Waals surface area contributed by atoms with Gasteiger partial charge in [-0.3, -0.25) is 24.0 Å². The van der Waals surface area contributed by atoms with E-state index < -0.39 is 79.4 Å². The number of nitrogens with zero attached hydrogens (tertiary/aromatic N) is 3. The molecule has 8 rings (SSSR count). The maximum absolute atomic E-state index is 14.4. The van der Waals surface area contributed by atoms with Crippen LogP contribution in [0.5, 0.6) is 17.2 Å². The Hall–Kier alpha value is -8.23. The van der Waals surface area contributed by atoms with Crippen molar-refractivity contribution >= 4 is 80.1 Å². The molecule has 29 heteroatoms. The molecule has 0 bridgehead atoms. The number of thiophene rings is 1. The molecule has 3 aliphatic rings. The molecule has 0 aliphatic carbocycles. The number of amides is 6. The van der Waals surface area contributed by atoms with Gasteiger partial charge in [0.1, 0.15) is 36.4 Å². The number of aliphatic hydroxyl groups excluding tert-OH is 5. The second-order valence-electron chi connectivity index (χ2n) is 19.6. The Morgan fingerprint density at radius 3 is 2.37 bits per heavy atom. The van der Waals surface area contributed by atoms with Gasteiger partial charge in [0, 0.05) is 62.4 Å². The third-order valence-corrected chi connectivity index (χ3v) is 14.8. The number of fused-ring (bicyclic) bond motifs is 3. The Labute approximate surface area is 483 Å². The lowest BCUT2D eigenvalue weighted by Gasteiger charge is -2.38. The van der Waals surface area contributed by atoms with E-state index in [9.17, 15) is 59.1 Å². The molecule has 6 amide bonds. The fraction of sp³-hybridized carbons (Fsp3) is 0.400. The van der Waals surface area contributed by atoms with Crippen molar-refractivity contribution in [2.45, 2.75) is 75.3 Å². The SMILES string of the molecule is C=C1C[C@H]2C(O)N(C(=O)OCc3ccc(O[C@@H]4O[C@H](C(=O)O)[C@@H](O)[C@H](O)[C@H]4O)c(C(=O)NCCOCCON)c3)c3cc(OCCCC(=O)Nc4ccc5sc(C(=O)Nc6cc(C(=O)NCCCO)n(C)c6)cc5c4)c(OC)cc3C(=O)N2C1. The molecule has 2 aromatic heterocycles. The third-order valence-electron chi connectivity index (χ3n) is 13.7. The molecular formula is C55H64N8O20S. The lowest BCUT2D eigenvalue weighted by molar-refractivity contribution is -0.271. The highest BCUT2D eigenvalue weighted by molar-refractivity contribution is 7.20. The monoisotopic (exact) mass is 1190 g/mol. The zero-order valence-corrected chi connectivity index (χ0v) is 46.3. The number of carboxylic acids is 1. The standard InChI is InChI=1S/C55H64N8O20S/c1-28-18-37-52(73)63(55(76)80-27-29-7-9-38(34(19-29)48(69)58-12-15-78-16-17-81-56)82-54-46(68)44(66)45(67)47(83-54)53(74)75)35-24-40(39(77-3)23-33(35)51(72)62(37)25-28)79-14-4-6-43(65)59-31-8-10-41-30(20-31)21-42(84-41)50(71)60-32-22-36(61(2)26-32)49(70)57-11-5-13-64/h7-10,19-24,26,37,44-47,52,54,64,66-68,73H,1,4-6,11-18,25,27,56H2,2-3H3,(H,57,70)(H,58,69)(H,59,65)(H,60,71)(H,74,75)/t37-,44-,45-,46+,47-,52?,54+/m0/s1. The Kier molecular flexibility index (Phi) is 20.5. The summed E-state index contributed by atoms with van der Waals surface area (Å²) in [4.78, 5) is 100. The number of rotatable bonds is 25. The molecule has 5 aromatic rings. The van der Waals surface area contributed by atoms with Crippen molar-refractivity contribution in [1.29, 1.82) is 0 Å². The zero-order chi connectivity index (χ0) is 60.4. The minimum Gasteiger partial charge on any atom is -0.493 e. The van der Waals surface area contributed by atoms with Crippen LogP contribution < -0.4 is 46.3 Å². The number of aryl methyl sites for hydroxylation is 1. The predicted octanol–water partition coefficient (Wildman–Crippen LogP) is 1.56. The summed E-state index contributed by atoms with van der Waals surface area (Å²) in [5, 5.41) is 73.6. The third kappa shape index (κ3) is 14.4. The van der Waals surface area contributed by atoms with E-state index in [2.05, 4.69) is 32.7 Å². The molecule has 84 heavy (non-hydrogen) atoms. The first-order valence-corrected chi connectivity index (χ1v) is 27.2. The van der Waals surface area contributed by atoms with Crippen LogP contribution in [0.15, 0.2) is 79.0 Å². The first-order valence-electron chi connectivity index (χ1n) is 26.4. The van der Waals surface area contributed by atoms with E-state index in [0.717, 1.165) is 9.60 Å². The van der Waals surface area contributed by atoms with Gasteiger partial charge >= 0.3 is 12.1 Å². The number of carboxylic acid groups (broad SMARTS) is 1. The van der Waals surface area contributed by atoms with Crippen LogP contribution in [0.4, 0.5) is 21.9 Å². The molecule has 1 unspecified atom stereocenters. The number of hydrogen-bond acceptors (Lipinski definition) is 21. The van der Waals surface area contributed by atoms with Gasteiger partial charge in [0.25, 0.3) is 23.6 Å². The highest BCUT2D eigenvalue weighted by atomic mass is 32.1. The van der Waals surface area contributed by atoms with Crippen LogP contribution >= 0.6 is 11.3 Å². The maximum atomic E-state index is 14.4. The first kappa shape index (κ1) is 61.8. The number of aromatic nitrogens is 1. The molecule has 3 aromatic carbocycles. The minimum absolute atomic E-state index is 0.0119. The smallest absolute Gasteiger partial charge is 0.416 e. The lowest BCUT2D eigenvalue weighted by atomic mass is 9.99. The van der Waals surface area contributed by atoms with Crippen molar-refractivity contribution in [3.05, 3.63) is 106 Å². The number of ether oxygens (including phenoxy) is 6. The fourth-order valence-electron chi connectivity index (χ4n) is 9.46. The van der Waals surface area contributed by atoms with Crippen molar-refractivity contribution in [3.8, 4) is 17.2 Å². The number of carbonyl (C=O) groups is 7. The number of carbonyl (C=O) groups excluding carboxylic acids is 6. The van der Waals surface area contributed by atoms with E-state index >= 15 is 0 Å². The molecule has 7 atom stereocenters. The van der Waals surface area contributed by atoms with Gasteiger partial charge < -0.3 is 94.6 Å². The molecule has 5 heterocycles. The summed E-state index contributed by atoms with van der Waals surface area (Å²) >= 11 is 1.24. The molecule has 0 radical (unpaired) electrons. The summed E-state index contributed by atoms with van der Waals surface area (Å²) in [6, 6.07) is 14.0. The zero-order valence-electron chi connectivity index (χ0n) is 45.5. The van der Waals surface area contributed by atoms with Gasteiger partial charge in [-0.05, 0) is 78.7 Å². The average molecular weight is 1190 g/mol. The van der Waals surface area contributed by atoms with E-state index in [1.807, 2.05) is 0 Å². The van der Waals surface area contributed by atoms with Crippen LogP contribution in [-0.4, -0.2) is 184 Å². The number of nitrogens with two attached hydrogens (primary N) is 1. The summed E-state index contributed by atoms with van der Waals surface area (Å²) < 4.78 is 36.2. The van der Waals surface area contributed by atoms with E-state index in [1.165, 1.54) is 53.7 Å². The summed E-state index contributed by atoms with van der Waals surface area (Å²) in [7, 11) is 3.02. The van der Waals surface area contributed by atoms with Gasteiger partial charge in [0.15, 0.2) is 23.8 Å². The van der Waals surface area contributed by atoms with Crippen molar-refractivity contribution in [1.82, 2.24) is 20.1 Å². The quantitative estimate of drug-likeness (QED) is 0.0224. The lowest BCUT2D eigenvalue weighted by Crippen LogP contribution is -2.61. The van der Waals surface area contributed by atoms with Crippen molar-refractivity contribution < 1.29 is 97.5 Å². The number of hydrogen-bond donors (Lipinski definition) is 11. The Morgan fingerprint density at radius 2 is 1.62 bits per heavy atom. The fourth-order valence-corrected chi connectivity index (χ4v) is 10.4. The van der Waals surface area contributed by atoms with E-state index in [-0.39, 0.29) is 117 Å². The second kappa shape index (κ2) is 27.9. The number of aliphatic carboxylic acids is 1. The maximum Gasteiger partial charge on any atom is 0.416 e. The van der Waals surface area contributed by atoms with Crippen LogP contribution in [0.2, 0.25) is 0 Å². The Balaban J connectivity index is 0.937. The van der Waals surface area contributed by atoms with Crippen LogP contribution in [0, 0.1) is 0 Å². The van der Waals surface area contributed by atoms with E-state index in [4.69, 9.17) is 39.4 Å². The molecular weight excluding hydrogens is 1120 g/mol. The highest BCUT2D eigenvalue weighted by Crippen LogP contribution is 2.42. The normalized spacial score (nSPS) is 20.1. The largest absolute Gasteiger partial charge is 0.493 e. The number of nitrogens with one attached hydrogen (secondary N) is 4. The van der Waals surface area contributed by atoms with Gasteiger partial charge in [-0.1, -0.05) is 18.2 Å². The Bertz CT molecular complexity index is 3280. The number of anilines is 3. The molecule has 2 saturated heterocycles. The van der Waals surface area contributed by atoms with Gasteiger partial charge in [-0.25, -0.2) is 20.4 Å². The van der Waals surface area contributed by atoms with Crippen LogP contribution in [0.1, 0.15) is 72.1 Å². The minimum atomic E-state index is -2.02. The summed E-state index contributed by atoms with van der Waals surface area (Å²) in [6.07, 6.45) is -10.4. The highest BCUT2D eigenvalue weighted by Gasteiger charge is 2.49. The van der Waals surface area contributed by atoms with Crippen molar-refractivity contribution in [2.24, 2.45) is 12.9 Å². The first-order chi connectivity index (χ1) is 40.3. The van der Waals surface area contributed by atoms with Crippen molar-refractivity contribution in [3.63, 3.8) is 0 Å². The van der Waals surface area contributed by atoms with Gasteiger partial charge in [-0.15, -0.1) is 11.3 Å². The van der Waals surface area contributed by atoms with E-state index in [1.54, 1.807) is 48.1 Å². The molecule has 0 spiro atoms. The van der Waals surface area contributed by atoms with Crippen LogP contribution in [-0.2, 0) is 42.3 Å².